The molecule has 0 aromatic heterocycles. The number of hydrogen-bond donors (Lipinski definition) is 2. The molecular formula is C17H29NO2. The normalized spacial score (nSPS) is 14.9. The zero-order valence-electron chi connectivity index (χ0n) is 13.5. The number of likely N-dealkylation sites (N-methyl/N-ethyl adjacent to an activating group) is 1. The van der Waals surface area contributed by atoms with Crippen LogP contribution in [0.3, 0.4) is 0 Å². The van der Waals surface area contributed by atoms with Crippen LogP contribution in [0.1, 0.15) is 46.1 Å². The van der Waals surface area contributed by atoms with Crippen molar-refractivity contribution >= 4 is 0 Å². The van der Waals surface area contributed by atoms with Crippen LogP contribution in [0.4, 0.5) is 0 Å². The second-order valence-corrected chi connectivity index (χ2v) is 6.67. The molecule has 0 amide bonds. The van der Waals surface area contributed by atoms with Gasteiger partial charge in [-0.25, -0.2) is 0 Å². The quantitative estimate of drug-likeness (QED) is 0.754. The molecule has 0 bridgehead atoms. The SMILES string of the molecule is CNC(C)(CO)CCCOc1ccccc1C(C)(C)C. The van der Waals surface area contributed by atoms with Crippen molar-refractivity contribution in [2.75, 3.05) is 20.3 Å². The highest BCUT2D eigenvalue weighted by Gasteiger charge is 2.21. The molecule has 0 aliphatic rings. The first-order valence-corrected chi connectivity index (χ1v) is 7.34. The van der Waals surface area contributed by atoms with Crippen molar-refractivity contribution in [1.82, 2.24) is 5.32 Å². The minimum atomic E-state index is -0.215. The van der Waals surface area contributed by atoms with Crippen molar-refractivity contribution in [1.29, 1.82) is 0 Å². The second-order valence-electron chi connectivity index (χ2n) is 6.67. The predicted molar refractivity (Wildman–Crippen MR) is 84.4 cm³/mol. The van der Waals surface area contributed by atoms with Crippen molar-refractivity contribution in [2.45, 2.75) is 51.5 Å². The summed E-state index contributed by atoms with van der Waals surface area (Å²) in [6.45, 7) is 9.42. The average molecular weight is 279 g/mol. The van der Waals surface area contributed by atoms with Crippen molar-refractivity contribution in [3.63, 3.8) is 0 Å². The van der Waals surface area contributed by atoms with Gasteiger partial charge in [0.2, 0.25) is 0 Å². The van der Waals surface area contributed by atoms with Crippen LogP contribution in [0.15, 0.2) is 24.3 Å². The van der Waals surface area contributed by atoms with Crippen LogP contribution < -0.4 is 10.1 Å². The van der Waals surface area contributed by atoms with Crippen LogP contribution in [0.5, 0.6) is 5.75 Å². The van der Waals surface area contributed by atoms with Crippen LogP contribution in [-0.2, 0) is 5.41 Å². The van der Waals surface area contributed by atoms with Gasteiger partial charge in [0, 0.05) is 5.54 Å². The maximum Gasteiger partial charge on any atom is 0.123 e. The van der Waals surface area contributed by atoms with E-state index in [9.17, 15) is 5.11 Å². The average Bonchev–Trinajstić information content (AvgIpc) is 2.43. The summed E-state index contributed by atoms with van der Waals surface area (Å²) < 4.78 is 5.94. The van der Waals surface area contributed by atoms with E-state index in [-0.39, 0.29) is 17.6 Å². The summed E-state index contributed by atoms with van der Waals surface area (Å²) >= 11 is 0. The van der Waals surface area contributed by atoms with E-state index in [2.05, 4.69) is 38.2 Å². The first-order valence-electron chi connectivity index (χ1n) is 7.34. The van der Waals surface area contributed by atoms with Gasteiger partial charge in [0.15, 0.2) is 0 Å². The lowest BCUT2D eigenvalue weighted by atomic mass is 9.86. The number of aliphatic hydroxyl groups is 1. The fourth-order valence-electron chi connectivity index (χ4n) is 2.14. The Kier molecular flexibility index (Phi) is 6.03. The lowest BCUT2D eigenvalue weighted by molar-refractivity contribution is 0.163. The van der Waals surface area contributed by atoms with Crippen LogP contribution in [0.2, 0.25) is 0 Å². The van der Waals surface area contributed by atoms with E-state index in [1.807, 2.05) is 26.1 Å². The van der Waals surface area contributed by atoms with Gasteiger partial charge in [0.1, 0.15) is 5.75 Å². The Balaban J connectivity index is 2.55. The summed E-state index contributed by atoms with van der Waals surface area (Å²) in [4.78, 5) is 0. The third kappa shape index (κ3) is 4.80. The van der Waals surface area contributed by atoms with E-state index in [4.69, 9.17) is 4.74 Å². The second kappa shape index (κ2) is 7.09. The molecule has 0 spiro atoms. The number of rotatable bonds is 7. The van der Waals surface area contributed by atoms with E-state index in [1.165, 1.54) is 5.56 Å². The van der Waals surface area contributed by atoms with Crippen molar-refractivity contribution in [3.8, 4) is 5.75 Å². The zero-order chi connectivity index (χ0) is 15.2. The number of benzene rings is 1. The largest absolute Gasteiger partial charge is 0.493 e. The standard InChI is InChI=1S/C17H29NO2/c1-16(2,3)14-9-6-7-10-15(14)20-12-8-11-17(4,13-19)18-5/h6-7,9-10,18-19H,8,11-13H2,1-5H3. The van der Waals surface area contributed by atoms with Gasteiger partial charge in [0.25, 0.3) is 0 Å². The van der Waals surface area contributed by atoms with Crippen molar-refractivity contribution in [2.24, 2.45) is 0 Å². The topological polar surface area (TPSA) is 41.5 Å². The van der Waals surface area contributed by atoms with Crippen LogP contribution in [-0.4, -0.2) is 30.9 Å². The summed E-state index contributed by atoms with van der Waals surface area (Å²) in [5, 5.41) is 12.5. The Morgan fingerprint density at radius 1 is 1.15 bits per heavy atom. The van der Waals surface area contributed by atoms with Gasteiger partial charge in [-0.05, 0) is 43.9 Å². The zero-order valence-corrected chi connectivity index (χ0v) is 13.5. The number of aliphatic hydroxyl groups excluding tert-OH is 1. The van der Waals surface area contributed by atoms with Gasteiger partial charge in [-0.3, -0.25) is 0 Å². The molecule has 1 atom stereocenters. The van der Waals surface area contributed by atoms with Gasteiger partial charge >= 0.3 is 0 Å². The molecule has 0 radical (unpaired) electrons. The smallest absolute Gasteiger partial charge is 0.123 e. The summed E-state index contributed by atoms with van der Waals surface area (Å²) in [5.74, 6) is 0.968. The maximum absolute atomic E-state index is 9.35. The Morgan fingerprint density at radius 3 is 2.35 bits per heavy atom. The molecule has 1 aromatic rings. The summed E-state index contributed by atoms with van der Waals surface area (Å²) in [5.41, 5.74) is 1.10. The maximum atomic E-state index is 9.35. The number of ether oxygens (including phenoxy) is 1. The van der Waals surface area contributed by atoms with Crippen LogP contribution >= 0.6 is 0 Å². The van der Waals surface area contributed by atoms with E-state index >= 15 is 0 Å². The molecule has 0 fully saturated rings. The highest BCUT2D eigenvalue weighted by molar-refractivity contribution is 5.38. The minimum absolute atomic E-state index is 0.0845. The molecule has 0 heterocycles. The third-order valence-electron chi connectivity index (χ3n) is 3.78. The van der Waals surface area contributed by atoms with E-state index in [0.717, 1.165) is 18.6 Å². The number of nitrogens with one attached hydrogen (secondary N) is 1. The molecule has 1 rings (SSSR count). The van der Waals surface area contributed by atoms with Crippen LogP contribution in [0, 0.1) is 0 Å². The lowest BCUT2D eigenvalue weighted by Gasteiger charge is -2.27. The molecule has 0 aliphatic carbocycles. The molecule has 2 N–H and O–H groups in total. The molecular weight excluding hydrogens is 250 g/mol. The van der Waals surface area contributed by atoms with E-state index in [0.29, 0.717) is 6.61 Å². The van der Waals surface area contributed by atoms with Gasteiger partial charge in [0.05, 0.1) is 13.2 Å². The summed E-state index contributed by atoms with van der Waals surface area (Å²) in [6.07, 6.45) is 1.80. The Morgan fingerprint density at radius 2 is 1.80 bits per heavy atom. The lowest BCUT2D eigenvalue weighted by Crippen LogP contribution is -2.43. The predicted octanol–water partition coefficient (Wildman–Crippen LogP) is 3.11. The molecule has 114 valence electrons. The van der Waals surface area contributed by atoms with Gasteiger partial charge in [-0.2, -0.15) is 0 Å². The molecule has 0 saturated carbocycles. The fourth-order valence-corrected chi connectivity index (χ4v) is 2.14. The molecule has 1 unspecified atom stereocenters. The highest BCUT2D eigenvalue weighted by atomic mass is 16.5. The van der Waals surface area contributed by atoms with Crippen LogP contribution in [0.25, 0.3) is 0 Å². The van der Waals surface area contributed by atoms with Gasteiger partial charge < -0.3 is 15.2 Å². The third-order valence-corrected chi connectivity index (χ3v) is 3.78. The highest BCUT2D eigenvalue weighted by Crippen LogP contribution is 2.31. The molecule has 0 saturated heterocycles. The summed E-state index contributed by atoms with van der Waals surface area (Å²) in [6, 6.07) is 8.22. The Bertz CT molecular complexity index is 406. The van der Waals surface area contributed by atoms with E-state index < -0.39 is 0 Å². The summed E-state index contributed by atoms with van der Waals surface area (Å²) in [7, 11) is 1.88. The number of hydrogen-bond acceptors (Lipinski definition) is 3. The Hall–Kier alpha value is -1.06. The van der Waals surface area contributed by atoms with Gasteiger partial charge in [-0.1, -0.05) is 39.0 Å². The monoisotopic (exact) mass is 279 g/mol. The Labute approximate surface area is 123 Å². The van der Waals surface area contributed by atoms with Crippen molar-refractivity contribution < 1.29 is 9.84 Å². The molecule has 20 heavy (non-hydrogen) atoms. The van der Waals surface area contributed by atoms with Gasteiger partial charge in [-0.15, -0.1) is 0 Å². The first kappa shape index (κ1) is 17.0. The minimum Gasteiger partial charge on any atom is -0.493 e. The van der Waals surface area contributed by atoms with E-state index in [1.54, 1.807) is 0 Å². The number of para-hydroxylation sites is 1. The first-order chi connectivity index (χ1) is 9.32. The molecule has 0 aliphatic heterocycles. The molecule has 1 aromatic carbocycles. The fraction of sp³-hybridized carbons (Fsp3) is 0.647. The molecule has 3 nitrogen and oxygen atoms in total. The van der Waals surface area contributed by atoms with Crippen molar-refractivity contribution in [3.05, 3.63) is 29.8 Å². The molecule has 3 heteroatoms.